The van der Waals surface area contributed by atoms with E-state index in [-0.39, 0.29) is 6.04 Å². The first-order valence-electron chi connectivity index (χ1n) is 5.82. The third-order valence-corrected chi connectivity index (χ3v) is 3.08. The van der Waals surface area contributed by atoms with Gasteiger partial charge < -0.3 is 10.5 Å². The van der Waals surface area contributed by atoms with Gasteiger partial charge in [-0.05, 0) is 36.6 Å². The minimum atomic E-state index is -0.261. The van der Waals surface area contributed by atoms with Crippen molar-refractivity contribution in [1.82, 2.24) is 10.2 Å². The topological polar surface area (TPSA) is 61.0 Å². The molecule has 2 aromatic rings. The fourth-order valence-electron chi connectivity index (χ4n) is 1.73. The van der Waals surface area contributed by atoms with Crippen LogP contribution in [0.25, 0.3) is 0 Å². The molecular formula is C14H17N3O. The minimum Gasteiger partial charge on any atom is -0.480 e. The van der Waals surface area contributed by atoms with E-state index in [9.17, 15) is 0 Å². The molecule has 1 atom stereocenters. The van der Waals surface area contributed by atoms with Gasteiger partial charge in [0.05, 0.1) is 18.8 Å². The Labute approximate surface area is 107 Å². The Morgan fingerprint density at radius 2 is 1.83 bits per heavy atom. The van der Waals surface area contributed by atoms with E-state index in [4.69, 9.17) is 10.5 Å². The number of aryl methyl sites for hydroxylation is 2. The lowest BCUT2D eigenvalue weighted by Crippen LogP contribution is -2.14. The molecule has 0 aliphatic rings. The number of ether oxygens (including phenoxy) is 1. The number of hydrogen-bond acceptors (Lipinski definition) is 4. The highest BCUT2D eigenvalue weighted by Gasteiger charge is 2.11. The number of nitrogens with zero attached hydrogens (tertiary/aromatic N) is 2. The maximum Gasteiger partial charge on any atom is 0.233 e. The first-order chi connectivity index (χ1) is 8.61. The smallest absolute Gasteiger partial charge is 0.233 e. The van der Waals surface area contributed by atoms with E-state index < -0.39 is 0 Å². The average molecular weight is 243 g/mol. The van der Waals surface area contributed by atoms with Crippen LogP contribution in [0.4, 0.5) is 0 Å². The van der Waals surface area contributed by atoms with Crippen molar-refractivity contribution < 1.29 is 4.74 Å². The zero-order valence-electron chi connectivity index (χ0n) is 10.8. The molecule has 2 rings (SSSR count). The van der Waals surface area contributed by atoms with Gasteiger partial charge in [-0.25, -0.2) is 0 Å². The van der Waals surface area contributed by atoms with Gasteiger partial charge in [0, 0.05) is 6.07 Å². The Kier molecular flexibility index (Phi) is 3.58. The van der Waals surface area contributed by atoms with Gasteiger partial charge in [0.1, 0.15) is 0 Å². The van der Waals surface area contributed by atoms with Crippen LogP contribution >= 0.6 is 0 Å². The maximum absolute atomic E-state index is 6.18. The number of methoxy groups -OCH3 is 1. The first kappa shape index (κ1) is 12.5. The quantitative estimate of drug-likeness (QED) is 0.897. The summed E-state index contributed by atoms with van der Waals surface area (Å²) in [6.07, 6.45) is 0. The third-order valence-electron chi connectivity index (χ3n) is 3.08. The number of rotatable bonds is 3. The summed E-state index contributed by atoms with van der Waals surface area (Å²) >= 11 is 0. The van der Waals surface area contributed by atoms with E-state index in [0.717, 1.165) is 11.3 Å². The first-order valence-corrected chi connectivity index (χ1v) is 5.82. The van der Waals surface area contributed by atoms with Crippen LogP contribution in [0.15, 0.2) is 30.3 Å². The van der Waals surface area contributed by atoms with Crippen molar-refractivity contribution in [3.63, 3.8) is 0 Å². The van der Waals surface area contributed by atoms with Crippen molar-refractivity contribution in [2.45, 2.75) is 19.9 Å². The molecule has 4 nitrogen and oxygen atoms in total. The van der Waals surface area contributed by atoms with Crippen LogP contribution in [0.3, 0.4) is 0 Å². The highest BCUT2D eigenvalue weighted by atomic mass is 16.5. The van der Waals surface area contributed by atoms with Gasteiger partial charge in [0.2, 0.25) is 5.88 Å². The molecule has 18 heavy (non-hydrogen) atoms. The molecule has 4 heteroatoms. The predicted molar refractivity (Wildman–Crippen MR) is 70.5 cm³/mol. The summed E-state index contributed by atoms with van der Waals surface area (Å²) in [4.78, 5) is 0. The number of benzene rings is 1. The summed E-state index contributed by atoms with van der Waals surface area (Å²) in [7, 11) is 1.56. The van der Waals surface area contributed by atoms with Gasteiger partial charge in [-0.1, -0.05) is 18.2 Å². The SMILES string of the molecule is COc1ccc(C(N)c2ccc(C)c(C)c2)nn1. The van der Waals surface area contributed by atoms with Crippen molar-refractivity contribution >= 4 is 0 Å². The van der Waals surface area contributed by atoms with E-state index >= 15 is 0 Å². The van der Waals surface area contributed by atoms with Crippen molar-refractivity contribution in [3.8, 4) is 5.88 Å². The predicted octanol–water partition coefficient (Wildman–Crippen LogP) is 2.15. The molecule has 1 aromatic heterocycles. The Morgan fingerprint density at radius 1 is 1.06 bits per heavy atom. The lowest BCUT2D eigenvalue weighted by molar-refractivity contribution is 0.390. The number of hydrogen-bond donors (Lipinski definition) is 1. The number of aromatic nitrogens is 2. The standard InChI is InChI=1S/C14H17N3O/c1-9-4-5-11(8-10(9)2)14(15)12-6-7-13(18-3)17-16-12/h4-8,14H,15H2,1-3H3. The van der Waals surface area contributed by atoms with Crippen LogP contribution in [0.2, 0.25) is 0 Å². The summed E-state index contributed by atoms with van der Waals surface area (Å²) in [5, 5.41) is 8.01. The van der Waals surface area contributed by atoms with E-state index in [0.29, 0.717) is 5.88 Å². The molecule has 1 unspecified atom stereocenters. The minimum absolute atomic E-state index is 0.261. The molecule has 94 valence electrons. The van der Waals surface area contributed by atoms with Gasteiger partial charge in [0.15, 0.2) is 0 Å². The molecule has 0 aliphatic carbocycles. The normalized spacial score (nSPS) is 12.2. The van der Waals surface area contributed by atoms with Gasteiger partial charge in [-0.2, -0.15) is 0 Å². The molecule has 0 aliphatic heterocycles. The fourth-order valence-corrected chi connectivity index (χ4v) is 1.73. The summed E-state index contributed by atoms with van der Waals surface area (Å²) in [5.74, 6) is 0.492. The van der Waals surface area contributed by atoms with Crippen LogP contribution in [-0.2, 0) is 0 Å². The van der Waals surface area contributed by atoms with Crippen LogP contribution in [-0.4, -0.2) is 17.3 Å². The molecule has 0 bridgehead atoms. The summed E-state index contributed by atoms with van der Waals surface area (Å²) in [5.41, 5.74) is 10.4. The highest BCUT2D eigenvalue weighted by Crippen LogP contribution is 2.20. The van der Waals surface area contributed by atoms with Crippen LogP contribution in [0, 0.1) is 13.8 Å². The maximum atomic E-state index is 6.18. The van der Waals surface area contributed by atoms with E-state index in [1.807, 2.05) is 12.1 Å². The molecule has 0 saturated heterocycles. The Bertz CT molecular complexity index is 537. The molecule has 0 radical (unpaired) electrons. The molecule has 0 amide bonds. The average Bonchev–Trinajstić information content (AvgIpc) is 2.41. The largest absolute Gasteiger partial charge is 0.480 e. The molecule has 1 aromatic carbocycles. The summed E-state index contributed by atoms with van der Waals surface area (Å²) in [6, 6.07) is 9.53. The summed E-state index contributed by atoms with van der Waals surface area (Å²) < 4.78 is 4.98. The second kappa shape index (κ2) is 5.14. The van der Waals surface area contributed by atoms with Gasteiger partial charge in [-0.15, -0.1) is 10.2 Å². The Balaban J connectivity index is 2.28. The second-order valence-corrected chi connectivity index (χ2v) is 4.32. The van der Waals surface area contributed by atoms with Gasteiger partial charge in [0.25, 0.3) is 0 Å². The van der Waals surface area contributed by atoms with E-state index in [1.165, 1.54) is 11.1 Å². The zero-order valence-corrected chi connectivity index (χ0v) is 10.8. The van der Waals surface area contributed by atoms with Gasteiger partial charge in [-0.3, -0.25) is 0 Å². The van der Waals surface area contributed by atoms with Crippen molar-refractivity contribution in [2.24, 2.45) is 5.73 Å². The Hall–Kier alpha value is -1.94. The highest BCUT2D eigenvalue weighted by molar-refractivity contribution is 5.35. The van der Waals surface area contributed by atoms with Gasteiger partial charge >= 0.3 is 0 Å². The summed E-state index contributed by atoms with van der Waals surface area (Å²) in [6.45, 7) is 4.16. The second-order valence-electron chi connectivity index (χ2n) is 4.32. The van der Waals surface area contributed by atoms with Crippen LogP contribution < -0.4 is 10.5 Å². The molecule has 1 heterocycles. The third kappa shape index (κ3) is 2.49. The molecule has 0 spiro atoms. The van der Waals surface area contributed by atoms with Crippen LogP contribution in [0.1, 0.15) is 28.4 Å². The molecule has 0 saturated carbocycles. The van der Waals surface area contributed by atoms with Crippen LogP contribution in [0.5, 0.6) is 5.88 Å². The molecule has 2 N–H and O–H groups in total. The Morgan fingerprint density at radius 3 is 2.39 bits per heavy atom. The lowest BCUT2D eigenvalue weighted by Gasteiger charge is -2.12. The van der Waals surface area contributed by atoms with E-state index in [1.54, 1.807) is 13.2 Å². The fraction of sp³-hybridized carbons (Fsp3) is 0.286. The lowest BCUT2D eigenvalue weighted by atomic mass is 9.99. The van der Waals surface area contributed by atoms with Crippen molar-refractivity contribution in [2.75, 3.05) is 7.11 Å². The van der Waals surface area contributed by atoms with E-state index in [2.05, 4.69) is 36.2 Å². The van der Waals surface area contributed by atoms with Crippen molar-refractivity contribution in [3.05, 3.63) is 52.7 Å². The molecule has 0 fully saturated rings. The zero-order chi connectivity index (χ0) is 13.1. The monoisotopic (exact) mass is 243 g/mol. The molecular weight excluding hydrogens is 226 g/mol. The number of nitrogens with two attached hydrogens (primary N) is 1. The van der Waals surface area contributed by atoms with Crippen molar-refractivity contribution in [1.29, 1.82) is 0 Å².